The predicted octanol–water partition coefficient (Wildman–Crippen LogP) is 3.26. The molecule has 0 saturated heterocycles. The highest BCUT2D eigenvalue weighted by Crippen LogP contribution is 2.47. The number of aliphatic imine (C=N–C) groups is 1. The van der Waals surface area contributed by atoms with E-state index in [0.29, 0.717) is 11.8 Å². The van der Waals surface area contributed by atoms with Gasteiger partial charge in [0.2, 0.25) is 11.8 Å². The number of thiazole rings is 1. The highest BCUT2D eigenvalue weighted by Gasteiger charge is 2.42. The summed E-state index contributed by atoms with van der Waals surface area (Å²) in [6.07, 6.45) is 6.13. The van der Waals surface area contributed by atoms with E-state index in [1.165, 1.54) is 0 Å². The average Bonchev–Trinajstić information content (AvgIpc) is 3.20. The van der Waals surface area contributed by atoms with Crippen LogP contribution in [0.1, 0.15) is 29.8 Å². The fourth-order valence-corrected chi connectivity index (χ4v) is 4.59. The Hall–Kier alpha value is -3.73. The average molecular weight is 453 g/mol. The number of hydrogen-bond donors (Lipinski definition) is 4. The summed E-state index contributed by atoms with van der Waals surface area (Å²) in [5.41, 5.74) is 13.5. The Kier molecular flexibility index (Phi) is 5.91. The number of ether oxygens (including phenoxy) is 2. The molecule has 0 radical (unpaired) electrons. The fraction of sp³-hybridized carbons (Fsp3) is 0.286. The molecular formula is C21H24N8O2S. The fourth-order valence-electron chi connectivity index (χ4n) is 3.50. The minimum Gasteiger partial charge on any atom is -0.481 e. The molecule has 2 heterocycles. The van der Waals surface area contributed by atoms with Crippen molar-refractivity contribution < 1.29 is 9.47 Å². The predicted molar refractivity (Wildman–Crippen MR) is 124 cm³/mol. The summed E-state index contributed by atoms with van der Waals surface area (Å²) < 4.78 is 10.1. The first-order valence-electron chi connectivity index (χ1n) is 9.96. The normalized spacial score (nSPS) is 15.0. The summed E-state index contributed by atoms with van der Waals surface area (Å²) in [6.45, 7) is 2.03. The van der Waals surface area contributed by atoms with Crippen LogP contribution in [-0.4, -0.2) is 34.1 Å². The number of nitrogens with one attached hydrogen (secondary N) is 2. The lowest BCUT2D eigenvalue weighted by molar-refractivity contribution is 0.250. The third kappa shape index (κ3) is 4.62. The Morgan fingerprint density at radius 1 is 1.25 bits per heavy atom. The SMILES string of the molecule is COc1ccnc(Nc2cc(C)cc(-c3cnc(C4(N=C(N)OC(=N)N)CCC4)s3)c2)n1. The van der Waals surface area contributed by atoms with E-state index in [4.69, 9.17) is 26.4 Å². The molecule has 32 heavy (non-hydrogen) atoms. The van der Waals surface area contributed by atoms with Gasteiger partial charge in [0.05, 0.1) is 12.0 Å². The summed E-state index contributed by atoms with van der Waals surface area (Å²) >= 11 is 1.57. The maximum atomic E-state index is 7.23. The van der Waals surface area contributed by atoms with Gasteiger partial charge in [0.15, 0.2) is 0 Å². The van der Waals surface area contributed by atoms with E-state index in [9.17, 15) is 0 Å². The number of rotatable bonds is 6. The van der Waals surface area contributed by atoms with Gasteiger partial charge < -0.3 is 26.3 Å². The van der Waals surface area contributed by atoms with Crippen molar-refractivity contribution in [3.63, 3.8) is 0 Å². The van der Waals surface area contributed by atoms with Crippen molar-refractivity contribution in [1.82, 2.24) is 15.0 Å². The first-order chi connectivity index (χ1) is 15.4. The van der Waals surface area contributed by atoms with Gasteiger partial charge in [0.1, 0.15) is 10.5 Å². The minimum atomic E-state index is -0.526. The lowest BCUT2D eigenvalue weighted by atomic mass is 9.78. The molecule has 10 nitrogen and oxygen atoms in total. The lowest BCUT2D eigenvalue weighted by Crippen LogP contribution is -2.36. The van der Waals surface area contributed by atoms with Crippen molar-refractivity contribution in [1.29, 1.82) is 5.41 Å². The van der Waals surface area contributed by atoms with Crippen LogP contribution in [0.5, 0.6) is 5.88 Å². The second-order valence-electron chi connectivity index (χ2n) is 7.47. The molecule has 6 N–H and O–H groups in total. The number of nitrogens with two attached hydrogens (primary N) is 2. The Morgan fingerprint density at radius 3 is 2.75 bits per heavy atom. The Balaban J connectivity index is 1.60. The van der Waals surface area contributed by atoms with Gasteiger partial charge in [-0.05, 0) is 49.4 Å². The van der Waals surface area contributed by atoms with Crippen LogP contribution in [0.3, 0.4) is 0 Å². The Morgan fingerprint density at radius 2 is 2.06 bits per heavy atom. The van der Waals surface area contributed by atoms with E-state index in [0.717, 1.165) is 46.0 Å². The summed E-state index contributed by atoms with van der Waals surface area (Å²) in [5, 5.41) is 11.3. The molecule has 4 rings (SSSR count). The summed E-state index contributed by atoms with van der Waals surface area (Å²) in [7, 11) is 1.57. The molecule has 11 heteroatoms. The van der Waals surface area contributed by atoms with Crippen LogP contribution in [0, 0.1) is 12.3 Å². The van der Waals surface area contributed by atoms with Crippen molar-refractivity contribution in [2.45, 2.75) is 31.7 Å². The zero-order chi connectivity index (χ0) is 22.7. The van der Waals surface area contributed by atoms with Crippen molar-refractivity contribution in [2.75, 3.05) is 12.4 Å². The molecule has 0 atom stereocenters. The van der Waals surface area contributed by atoms with E-state index in [1.54, 1.807) is 30.7 Å². The second-order valence-corrected chi connectivity index (χ2v) is 8.50. The summed E-state index contributed by atoms with van der Waals surface area (Å²) in [5.74, 6) is 0.941. The van der Waals surface area contributed by atoms with Gasteiger partial charge >= 0.3 is 0 Å². The monoisotopic (exact) mass is 452 g/mol. The zero-order valence-corrected chi connectivity index (χ0v) is 18.6. The van der Waals surface area contributed by atoms with Gasteiger partial charge in [-0.25, -0.2) is 15.0 Å². The molecule has 1 saturated carbocycles. The summed E-state index contributed by atoms with van der Waals surface area (Å²) in [4.78, 5) is 18.7. The van der Waals surface area contributed by atoms with E-state index < -0.39 is 11.6 Å². The molecule has 166 valence electrons. The number of anilines is 2. The standard InChI is InChI=1S/C21H24N8O2S/c1-12-8-13(10-14(9-12)27-20-25-7-4-16(28-20)30-2)15-11-26-17(32-15)21(5-3-6-21)29-19(24)31-18(22)23/h4,7-11H,3,5-6H2,1-2H3,(H3,22,23)(H2,24,29)(H,25,27,28). The molecule has 0 spiro atoms. The van der Waals surface area contributed by atoms with Gasteiger partial charge in [-0.2, -0.15) is 4.98 Å². The number of hydrogen-bond acceptors (Lipinski definition) is 9. The van der Waals surface area contributed by atoms with Crippen LogP contribution in [0.15, 0.2) is 41.7 Å². The Labute approximate surface area is 189 Å². The summed E-state index contributed by atoms with van der Waals surface area (Å²) in [6, 6.07) is 7.23. The van der Waals surface area contributed by atoms with Crippen molar-refractivity contribution >= 4 is 35.0 Å². The first kappa shape index (κ1) is 21.5. The molecule has 3 aromatic rings. The quantitative estimate of drug-likeness (QED) is 0.328. The van der Waals surface area contributed by atoms with Crippen LogP contribution >= 0.6 is 11.3 Å². The number of methoxy groups -OCH3 is 1. The number of aromatic nitrogens is 3. The van der Waals surface area contributed by atoms with Crippen LogP contribution < -0.4 is 21.5 Å². The topological polar surface area (TPSA) is 157 Å². The van der Waals surface area contributed by atoms with Crippen LogP contribution in [0.2, 0.25) is 0 Å². The van der Waals surface area contributed by atoms with E-state index >= 15 is 0 Å². The zero-order valence-electron chi connectivity index (χ0n) is 17.8. The molecule has 1 aliphatic carbocycles. The Bertz CT molecular complexity index is 1170. The number of nitrogens with zero attached hydrogens (tertiary/aromatic N) is 4. The molecule has 0 bridgehead atoms. The van der Waals surface area contributed by atoms with Crippen molar-refractivity contribution in [3.05, 3.63) is 47.2 Å². The lowest BCUT2D eigenvalue weighted by Gasteiger charge is -2.36. The highest BCUT2D eigenvalue weighted by atomic mass is 32.1. The largest absolute Gasteiger partial charge is 0.481 e. The maximum absolute atomic E-state index is 7.23. The van der Waals surface area contributed by atoms with E-state index in [2.05, 4.69) is 31.3 Å². The van der Waals surface area contributed by atoms with Gasteiger partial charge in [0, 0.05) is 24.1 Å². The van der Waals surface area contributed by atoms with Crippen LogP contribution in [-0.2, 0) is 10.3 Å². The smallest absolute Gasteiger partial charge is 0.290 e. The maximum Gasteiger partial charge on any atom is 0.290 e. The number of benzene rings is 1. The molecular weight excluding hydrogens is 428 g/mol. The van der Waals surface area contributed by atoms with E-state index in [1.807, 2.05) is 25.3 Å². The molecule has 0 unspecified atom stereocenters. The molecule has 0 aliphatic heterocycles. The molecule has 1 fully saturated rings. The molecule has 1 aliphatic rings. The van der Waals surface area contributed by atoms with Gasteiger partial charge in [-0.15, -0.1) is 11.3 Å². The molecule has 0 amide bonds. The third-order valence-corrected chi connectivity index (χ3v) is 6.32. The van der Waals surface area contributed by atoms with Gasteiger partial charge in [-0.1, -0.05) is 6.07 Å². The molecule has 1 aromatic carbocycles. The van der Waals surface area contributed by atoms with Gasteiger partial charge in [-0.3, -0.25) is 5.41 Å². The number of amidine groups is 2. The minimum absolute atomic E-state index is 0.116. The van der Waals surface area contributed by atoms with Crippen LogP contribution in [0.4, 0.5) is 11.6 Å². The molecule has 2 aromatic heterocycles. The third-order valence-electron chi connectivity index (χ3n) is 5.08. The van der Waals surface area contributed by atoms with Crippen molar-refractivity contribution in [2.24, 2.45) is 16.5 Å². The van der Waals surface area contributed by atoms with Gasteiger partial charge in [0.25, 0.3) is 12.0 Å². The van der Waals surface area contributed by atoms with Crippen molar-refractivity contribution in [3.8, 4) is 16.3 Å². The second kappa shape index (κ2) is 8.79. The number of aryl methyl sites for hydroxylation is 1. The highest BCUT2D eigenvalue weighted by molar-refractivity contribution is 7.15. The van der Waals surface area contributed by atoms with Crippen LogP contribution in [0.25, 0.3) is 10.4 Å². The van der Waals surface area contributed by atoms with E-state index in [-0.39, 0.29) is 6.02 Å². The first-order valence-corrected chi connectivity index (χ1v) is 10.8.